The van der Waals surface area contributed by atoms with Gasteiger partial charge in [-0.3, -0.25) is 0 Å². The molecular formula is C14H17ClN2. The van der Waals surface area contributed by atoms with Crippen LogP contribution in [-0.2, 0) is 0 Å². The lowest BCUT2D eigenvalue weighted by molar-refractivity contribution is 0.135. The van der Waals surface area contributed by atoms with Crippen molar-refractivity contribution < 1.29 is 0 Å². The fourth-order valence-electron chi connectivity index (χ4n) is 4.11. The molecule has 1 N–H and O–H groups in total. The second-order valence-corrected chi connectivity index (χ2v) is 6.13. The highest BCUT2D eigenvalue weighted by atomic mass is 35.5. The van der Waals surface area contributed by atoms with Gasteiger partial charge in [0.05, 0.1) is 0 Å². The lowest BCUT2D eigenvalue weighted by atomic mass is 9.74. The summed E-state index contributed by atoms with van der Waals surface area (Å²) in [4.78, 5) is 2.64. The zero-order valence-corrected chi connectivity index (χ0v) is 10.5. The summed E-state index contributed by atoms with van der Waals surface area (Å²) in [6.45, 7) is 0. The number of benzene rings is 1. The van der Waals surface area contributed by atoms with Crippen LogP contribution in [-0.4, -0.2) is 24.2 Å². The zero-order chi connectivity index (χ0) is 11.4. The van der Waals surface area contributed by atoms with Gasteiger partial charge in [-0.25, -0.2) is 0 Å². The molecule has 0 radical (unpaired) electrons. The molecule has 1 aromatic rings. The van der Waals surface area contributed by atoms with E-state index in [1.807, 2.05) is 6.07 Å². The molecule has 4 fully saturated rings. The minimum Gasteiger partial charge on any atom is -0.365 e. The van der Waals surface area contributed by atoms with Gasteiger partial charge >= 0.3 is 0 Å². The molecule has 0 unspecified atom stereocenters. The van der Waals surface area contributed by atoms with Gasteiger partial charge in [-0.15, -0.1) is 0 Å². The van der Waals surface area contributed by atoms with Crippen LogP contribution in [0.25, 0.3) is 0 Å². The maximum atomic E-state index is 6.12. The molecule has 5 rings (SSSR count). The van der Waals surface area contributed by atoms with Crippen molar-refractivity contribution in [3.05, 3.63) is 29.3 Å². The zero-order valence-electron chi connectivity index (χ0n) is 9.77. The van der Waals surface area contributed by atoms with Gasteiger partial charge in [-0.1, -0.05) is 17.7 Å². The predicted octanol–water partition coefficient (Wildman–Crippen LogP) is 2.81. The van der Waals surface area contributed by atoms with Gasteiger partial charge in [0.15, 0.2) is 0 Å². The summed E-state index contributed by atoms with van der Waals surface area (Å²) in [5.74, 6) is 0. The molecule has 4 aliphatic heterocycles. The Kier molecular flexibility index (Phi) is 2.18. The molecule has 4 saturated heterocycles. The van der Waals surface area contributed by atoms with Gasteiger partial charge in [-0.2, -0.15) is 0 Å². The molecule has 0 saturated carbocycles. The van der Waals surface area contributed by atoms with Gasteiger partial charge in [0.1, 0.15) is 0 Å². The second kappa shape index (κ2) is 3.63. The second-order valence-electron chi connectivity index (χ2n) is 5.70. The SMILES string of the molecule is Clc1cccc(N2C3CC4CC2CC(C3)N4)c1. The average molecular weight is 249 g/mol. The van der Waals surface area contributed by atoms with Crippen LogP contribution in [0.4, 0.5) is 5.69 Å². The van der Waals surface area contributed by atoms with Gasteiger partial charge in [-0.05, 0) is 43.9 Å². The van der Waals surface area contributed by atoms with Crippen LogP contribution in [0.5, 0.6) is 0 Å². The fourth-order valence-corrected chi connectivity index (χ4v) is 4.30. The summed E-state index contributed by atoms with van der Waals surface area (Å²) in [6.07, 6.45) is 5.22. The molecule has 0 amide bonds. The lowest BCUT2D eigenvalue weighted by Crippen LogP contribution is -2.67. The van der Waals surface area contributed by atoms with Crippen molar-refractivity contribution in [1.29, 1.82) is 0 Å². The van der Waals surface area contributed by atoms with E-state index in [1.54, 1.807) is 0 Å². The van der Waals surface area contributed by atoms with Crippen molar-refractivity contribution in [1.82, 2.24) is 5.32 Å². The molecule has 3 heteroatoms. The monoisotopic (exact) mass is 248 g/mol. The summed E-state index contributed by atoms with van der Waals surface area (Å²) in [7, 11) is 0. The van der Waals surface area contributed by atoms with Crippen molar-refractivity contribution in [3.63, 3.8) is 0 Å². The van der Waals surface area contributed by atoms with Crippen LogP contribution in [0.1, 0.15) is 25.7 Å². The molecular weight excluding hydrogens is 232 g/mol. The van der Waals surface area contributed by atoms with Crippen molar-refractivity contribution in [2.24, 2.45) is 0 Å². The first-order valence-electron chi connectivity index (χ1n) is 6.59. The van der Waals surface area contributed by atoms with Crippen LogP contribution in [0.2, 0.25) is 5.02 Å². The van der Waals surface area contributed by atoms with E-state index in [0.29, 0.717) is 0 Å². The fraction of sp³-hybridized carbons (Fsp3) is 0.571. The quantitative estimate of drug-likeness (QED) is 0.822. The number of halogens is 1. The maximum absolute atomic E-state index is 6.12. The molecule has 2 nitrogen and oxygen atoms in total. The highest BCUT2D eigenvalue weighted by Gasteiger charge is 2.46. The van der Waals surface area contributed by atoms with Gasteiger partial charge in [0, 0.05) is 34.9 Å². The van der Waals surface area contributed by atoms with E-state index in [-0.39, 0.29) is 0 Å². The number of rotatable bonds is 1. The van der Waals surface area contributed by atoms with Crippen LogP contribution in [0, 0.1) is 0 Å². The Balaban J connectivity index is 1.70. The molecule has 0 aliphatic carbocycles. The van der Waals surface area contributed by atoms with Gasteiger partial charge < -0.3 is 10.2 Å². The number of hydrogen-bond donors (Lipinski definition) is 1. The summed E-state index contributed by atoms with van der Waals surface area (Å²) in [6, 6.07) is 11.4. The van der Waals surface area contributed by atoms with Crippen molar-refractivity contribution in [3.8, 4) is 0 Å². The third-order valence-corrected chi connectivity index (χ3v) is 4.83. The Labute approximate surface area is 107 Å². The minimum absolute atomic E-state index is 0.734. The van der Waals surface area contributed by atoms with Crippen LogP contribution >= 0.6 is 11.6 Å². The molecule has 17 heavy (non-hydrogen) atoms. The Morgan fingerprint density at radius 1 is 1.06 bits per heavy atom. The minimum atomic E-state index is 0.734. The Bertz CT molecular complexity index is 418. The maximum Gasteiger partial charge on any atom is 0.0426 e. The van der Waals surface area contributed by atoms with E-state index in [4.69, 9.17) is 11.6 Å². The molecule has 90 valence electrons. The van der Waals surface area contributed by atoms with Crippen molar-refractivity contribution >= 4 is 17.3 Å². The largest absolute Gasteiger partial charge is 0.365 e. The van der Waals surface area contributed by atoms with E-state index in [9.17, 15) is 0 Å². The number of hydrogen-bond acceptors (Lipinski definition) is 2. The number of nitrogens with zero attached hydrogens (tertiary/aromatic N) is 1. The third-order valence-electron chi connectivity index (χ3n) is 4.59. The third kappa shape index (κ3) is 1.58. The number of piperidine rings is 4. The summed E-state index contributed by atoms with van der Waals surface area (Å²) in [5.41, 5.74) is 1.33. The van der Waals surface area contributed by atoms with Gasteiger partial charge in [0.25, 0.3) is 0 Å². The van der Waals surface area contributed by atoms with Crippen LogP contribution < -0.4 is 10.2 Å². The summed E-state index contributed by atoms with van der Waals surface area (Å²) < 4.78 is 0. The first-order valence-corrected chi connectivity index (χ1v) is 6.97. The summed E-state index contributed by atoms with van der Waals surface area (Å²) in [5, 5.41) is 4.60. The Morgan fingerprint density at radius 3 is 2.29 bits per heavy atom. The predicted molar refractivity (Wildman–Crippen MR) is 70.7 cm³/mol. The molecule has 1 aromatic carbocycles. The highest BCUT2D eigenvalue weighted by Crippen LogP contribution is 2.42. The number of anilines is 1. The molecule has 0 spiro atoms. The van der Waals surface area contributed by atoms with Crippen molar-refractivity contribution in [2.45, 2.75) is 49.9 Å². The molecule has 4 aliphatic rings. The van der Waals surface area contributed by atoms with Gasteiger partial charge in [0.2, 0.25) is 0 Å². The first-order chi connectivity index (χ1) is 8.29. The average Bonchev–Trinajstić information content (AvgIpc) is 2.27. The number of nitrogens with one attached hydrogen (secondary N) is 1. The van der Waals surface area contributed by atoms with E-state index < -0.39 is 0 Å². The molecule has 4 bridgehead atoms. The lowest BCUT2D eigenvalue weighted by Gasteiger charge is -2.58. The van der Waals surface area contributed by atoms with Crippen LogP contribution in [0.3, 0.4) is 0 Å². The summed E-state index contributed by atoms with van der Waals surface area (Å²) >= 11 is 6.12. The smallest absolute Gasteiger partial charge is 0.0426 e. The van der Waals surface area contributed by atoms with E-state index >= 15 is 0 Å². The van der Waals surface area contributed by atoms with E-state index in [0.717, 1.165) is 29.2 Å². The van der Waals surface area contributed by atoms with E-state index in [1.165, 1.54) is 31.4 Å². The molecule has 0 aromatic heterocycles. The van der Waals surface area contributed by atoms with Crippen LogP contribution in [0.15, 0.2) is 24.3 Å². The standard InChI is InChI=1S/C14H17ClN2/c15-9-2-1-3-12(4-9)17-13-5-10-6-14(17)8-11(7-13)16-10/h1-4,10-11,13-14,16H,5-8H2. The Morgan fingerprint density at radius 2 is 1.71 bits per heavy atom. The molecule has 4 heterocycles. The highest BCUT2D eigenvalue weighted by molar-refractivity contribution is 6.30. The molecule has 0 atom stereocenters. The van der Waals surface area contributed by atoms with E-state index in [2.05, 4.69) is 28.4 Å². The van der Waals surface area contributed by atoms with Crippen molar-refractivity contribution in [2.75, 3.05) is 4.90 Å². The topological polar surface area (TPSA) is 15.3 Å². The Hall–Kier alpha value is -0.730. The normalized spacial score (nSPS) is 38.8. The first kappa shape index (κ1) is 10.2.